The van der Waals surface area contributed by atoms with Gasteiger partial charge in [0, 0.05) is 6.54 Å². The van der Waals surface area contributed by atoms with Gasteiger partial charge in [-0.25, -0.2) is 19.7 Å². The summed E-state index contributed by atoms with van der Waals surface area (Å²) in [4.78, 5) is 24.8. The average Bonchev–Trinajstić information content (AvgIpc) is 3.52. The molecule has 2 saturated heterocycles. The smallest absolute Gasteiger partial charge is 0.320 e. The SMILES string of the molecule is CCNC(=O)Nc1ncnc2c1ncn2[C@@H]1O[C@H](CO)C2O[C@H](C=Cc3ccccc3)OC21. The number of ether oxygens (including phenoxy) is 3. The zero-order valence-corrected chi connectivity index (χ0v) is 17.9. The maximum atomic E-state index is 11.9. The summed E-state index contributed by atoms with van der Waals surface area (Å²) in [7, 11) is 0. The molecule has 5 rings (SSSR count). The number of carbonyl (C=O) groups excluding carboxylic acids is 1. The highest BCUT2D eigenvalue weighted by Crippen LogP contribution is 2.40. The van der Waals surface area contributed by atoms with Crippen LogP contribution < -0.4 is 10.6 Å². The minimum Gasteiger partial charge on any atom is -0.394 e. The second-order valence-corrected chi connectivity index (χ2v) is 7.62. The number of benzene rings is 1. The van der Waals surface area contributed by atoms with Crippen molar-refractivity contribution in [3.05, 3.63) is 54.6 Å². The van der Waals surface area contributed by atoms with Crippen LogP contribution in [0.15, 0.2) is 49.1 Å². The van der Waals surface area contributed by atoms with Crippen LogP contribution in [0.2, 0.25) is 0 Å². The summed E-state index contributed by atoms with van der Waals surface area (Å²) >= 11 is 0. The molecule has 0 radical (unpaired) electrons. The van der Waals surface area contributed by atoms with Crippen LogP contribution in [0.4, 0.5) is 10.6 Å². The van der Waals surface area contributed by atoms with Crippen LogP contribution >= 0.6 is 0 Å². The summed E-state index contributed by atoms with van der Waals surface area (Å²) in [6.07, 6.45) is 3.94. The van der Waals surface area contributed by atoms with E-state index in [9.17, 15) is 9.90 Å². The highest BCUT2D eigenvalue weighted by atomic mass is 16.8. The van der Waals surface area contributed by atoms with Crippen molar-refractivity contribution in [2.75, 3.05) is 18.5 Å². The van der Waals surface area contributed by atoms with Gasteiger partial charge in [-0.05, 0) is 18.6 Å². The molecule has 11 nitrogen and oxygen atoms in total. The lowest BCUT2D eigenvalue weighted by molar-refractivity contribution is -0.133. The van der Waals surface area contributed by atoms with Crippen molar-refractivity contribution in [2.24, 2.45) is 0 Å². The summed E-state index contributed by atoms with van der Waals surface area (Å²) in [6.45, 7) is 2.08. The molecular weight excluding hydrogens is 428 g/mol. The Bertz CT molecular complexity index is 1150. The molecule has 33 heavy (non-hydrogen) atoms. The third-order valence-electron chi connectivity index (χ3n) is 5.50. The molecule has 2 amide bonds. The highest BCUT2D eigenvalue weighted by Gasteiger charge is 2.53. The number of imidazole rings is 1. The number of rotatable bonds is 6. The van der Waals surface area contributed by atoms with Crippen molar-refractivity contribution < 1.29 is 24.1 Å². The van der Waals surface area contributed by atoms with Crippen molar-refractivity contribution in [1.82, 2.24) is 24.8 Å². The molecule has 0 aliphatic carbocycles. The Morgan fingerprint density at radius 1 is 1.15 bits per heavy atom. The summed E-state index contributed by atoms with van der Waals surface area (Å²) in [5.41, 5.74) is 1.90. The van der Waals surface area contributed by atoms with Gasteiger partial charge < -0.3 is 24.6 Å². The number of aliphatic hydroxyl groups is 1. The van der Waals surface area contributed by atoms with E-state index < -0.39 is 30.8 Å². The van der Waals surface area contributed by atoms with Crippen LogP contribution in [0.1, 0.15) is 18.7 Å². The van der Waals surface area contributed by atoms with E-state index in [0.29, 0.717) is 17.7 Å². The largest absolute Gasteiger partial charge is 0.394 e. The second kappa shape index (κ2) is 9.24. The second-order valence-electron chi connectivity index (χ2n) is 7.62. The van der Waals surface area contributed by atoms with E-state index in [4.69, 9.17) is 14.2 Å². The Morgan fingerprint density at radius 2 is 1.97 bits per heavy atom. The lowest BCUT2D eigenvalue weighted by Gasteiger charge is -2.19. The Balaban J connectivity index is 1.39. The molecule has 2 fully saturated rings. The van der Waals surface area contributed by atoms with Gasteiger partial charge >= 0.3 is 6.03 Å². The Morgan fingerprint density at radius 3 is 2.76 bits per heavy atom. The molecular formula is C22H24N6O5. The molecule has 2 aliphatic rings. The Labute approximate surface area is 189 Å². The molecule has 5 atom stereocenters. The van der Waals surface area contributed by atoms with Gasteiger partial charge in [-0.2, -0.15) is 0 Å². The Kier molecular flexibility index (Phi) is 6.01. The van der Waals surface area contributed by atoms with Crippen molar-refractivity contribution in [3.8, 4) is 0 Å². The molecule has 3 aromatic rings. The zero-order valence-electron chi connectivity index (χ0n) is 17.9. The number of carbonyl (C=O) groups is 1. The van der Waals surface area contributed by atoms with Gasteiger partial charge in [-0.1, -0.05) is 36.4 Å². The van der Waals surface area contributed by atoms with Gasteiger partial charge in [-0.15, -0.1) is 0 Å². The molecule has 2 unspecified atom stereocenters. The number of aromatic nitrogens is 4. The fourth-order valence-corrected chi connectivity index (χ4v) is 4.02. The number of anilines is 1. The average molecular weight is 452 g/mol. The molecule has 2 aliphatic heterocycles. The van der Waals surface area contributed by atoms with Crippen molar-refractivity contribution in [3.63, 3.8) is 0 Å². The van der Waals surface area contributed by atoms with Crippen LogP contribution in [-0.4, -0.2) is 68.4 Å². The number of hydrogen-bond donors (Lipinski definition) is 3. The molecule has 4 heterocycles. The van der Waals surface area contributed by atoms with Gasteiger partial charge in [0.1, 0.15) is 24.6 Å². The standard InChI is InChI=1S/C22H24N6O5/c1-2-23-22(30)27-19-16-20(25-11-24-19)28(12-26-16)21-18-17(14(10-29)31-21)32-15(33-18)9-8-13-6-4-3-5-7-13/h3-9,11-12,14-15,17-18,21,29H,2,10H2,1H3,(H2,23,24,25,27,30)/t14-,15+,17?,18?,21-/m1/s1. The summed E-state index contributed by atoms with van der Waals surface area (Å²) in [5.74, 6) is 0.283. The topological polar surface area (TPSA) is 133 Å². The van der Waals surface area contributed by atoms with Crippen molar-refractivity contribution in [1.29, 1.82) is 0 Å². The maximum absolute atomic E-state index is 11.9. The first-order valence-electron chi connectivity index (χ1n) is 10.7. The molecule has 0 bridgehead atoms. The maximum Gasteiger partial charge on any atom is 0.320 e. The summed E-state index contributed by atoms with van der Waals surface area (Å²) in [5, 5.41) is 15.2. The molecule has 3 N–H and O–H groups in total. The number of hydrogen-bond acceptors (Lipinski definition) is 8. The van der Waals surface area contributed by atoms with E-state index in [1.807, 2.05) is 49.4 Å². The normalized spacial score (nSPS) is 26.7. The molecule has 0 spiro atoms. The predicted molar refractivity (Wildman–Crippen MR) is 118 cm³/mol. The lowest BCUT2D eigenvalue weighted by atomic mass is 10.1. The third kappa shape index (κ3) is 4.18. The van der Waals surface area contributed by atoms with Crippen molar-refractivity contribution in [2.45, 2.75) is 37.8 Å². The fourth-order valence-electron chi connectivity index (χ4n) is 4.02. The third-order valence-corrected chi connectivity index (χ3v) is 5.50. The molecule has 2 aromatic heterocycles. The summed E-state index contributed by atoms with van der Waals surface area (Å²) in [6, 6.07) is 9.45. The first-order chi connectivity index (χ1) is 16.2. The van der Waals surface area contributed by atoms with Crippen molar-refractivity contribution >= 4 is 29.1 Å². The number of fused-ring (bicyclic) bond motifs is 2. The van der Waals surface area contributed by atoms with E-state index in [0.717, 1.165) is 5.56 Å². The molecule has 1 aromatic carbocycles. The van der Waals surface area contributed by atoms with Crippen LogP contribution in [0, 0.1) is 0 Å². The van der Waals surface area contributed by atoms with E-state index >= 15 is 0 Å². The first-order valence-corrected chi connectivity index (χ1v) is 10.7. The number of nitrogens with one attached hydrogen (secondary N) is 2. The Hall–Kier alpha value is -3.38. The van der Waals surface area contributed by atoms with Gasteiger partial charge in [-0.3, -0.25) is 9.88 Å². The van der Waals surface area contributed by atoms with E-state index in [2.05, 4.69) is 25.6 Å². The number of urea groups is 1. The van der Waals surface area contributed by atoms with Gasteiger partial charge in [0.05, 0.1) is 12.9 Å². The number of nitrogens with zero attached hydrogens (tertiary/aromatic N) is 4. The quantitative estimate of drug-likeness (QED) is 0.515. The minimum atomic E-state index is -0.625. The number of amides is 2. The highest BCUT2D eigenvalue weighted by molar-refractivity contribution is 5.95. The van der Waals surface area contributed by atoms with Gasteiger partial charge in [0.2, 0.25) is 0 Å². The fraction of sp³-hybridized carbons (Fsp3) is 0.364. The van der Waals surface area contributed by atoms with E-state index in [1.165, 1.54) is 6.33 Å². The van der Waals surface area contributed by atoms with Gasteiger partial charge in [0.15, 0.2) is 29.5 Å². The number of aliphatic hydroxyl groups excluding tert-OH is 1. The monoisotopic (exact) mass is 452 g/mol. The zero-order chi connectivity index (χ0) is 22.8. The molecule has 0 saturated carbocycles. The van der Waals surface area contributed by atoms with Crippen LogP contribution in [0.25, 0.3) is 17.2 Å². The minimum absolute atomic E-state index is 0.220. The molecule has 172 valence electrons. The van der Waals surface area contributed by atoms with Crippen LogP contribution in [0.3, 0.4) is 0 Å². The van der Waals surface area contributed by atoms with E-state index in [1.54, 1.807) is 10.9 Å². The first kappa shape index (κ1) is 21.5. The van der Waals surface area contributed by atoms with Crippen LogP contribution in [-0.2, 0) is 14.2 Å². The van der Waals surface area contributed by atoms with Gasteiger partial charge in [0.25, 0.3) is 0 Å². The summed E-state index contributed by atoms with van der Waals surface area (Å²) < 4.78 is 19.9. The lowest BCUT2D eigenvalue weighted by Crippen LogP contribution is -2.30. The predicted octanol–water partition coefficient (Wildman–Crippen LogP) is 1.68. The van der Waals surface area contributed by atoms with Crippen LogP contribution in [0.5, 0.6) is 0 Å². The molecule has 11 heteroatoms. The van der Waals surface area contributed by atoms with E-state index in [-0.39, 0.29) is 18.5 Å².